The Kier molecular flexibility index (Phi) is 9.80. The number of pyridine rings is 1. The van der Waals surface area contributed by atoms with Crippen molar-refractivity contribution >= 4 is 35.6 Å². The Morgan fingerprint density at radius 1 is 0.952 bits per heavy atom. The smallest absolute Gasteiger partial charge is 0.416 e. The van der Waals surface area contributed by atoms with Crippen molar-refractivity contribution in [2.75, 3.05) is 0 Å². The maximum Gasteiger partial charge on any atom is 0.416 e. The molecular formula is C31H28ClF3N4O2S. The maximum atomic E-state index is 13.1. The summed E-state index contributed by atoms with van der Waals surface area (Å²) in [6, 6.07) is 23.3. The van der Waals surface area contributed by atoms with Gasteiger partial charge in [-0.05, 0) is 86.3 Å². The van der Waals surface area contributed by atoms with Crippen LogP contribution in [-0.2, 0) is 17.5 Å². The lowest BCUT2D eigenvalue weighted by atomic mass is 9.97. The number of aromatic nitrogens is 1. The molecule has 0 bridgehead atoms. The van der Waals surface area contributed by atoms with Crippen LogP contribution in [-0.4, -0.2) is 22.6 Å². The summed E-state index contributed by atoms with van der Waals surface area (Å²) in [7, 11) is 0. The molecule has 0 saturated heterocycles. The topological polar surface area (TPSA) is 75.6 Å². The molecule has 0 saturated carbocycles. The highest BCUT2D eigenvalue weighted by Gasteiger charge is 2.30. The van der Waals surface area contributed by atoms with Crippen LogP contribution in [0.4, 0.5) is 18.0 Å². The Morgan fingerprint density at radius 3 is 2.21 bits per heavy atom. The number of amides is 1. The van der Waals surface area contributed by atoms with E-state index in [1.807, 2.05) is 48.5 Å². The van der Waals surface area contributed by atoms with Gasteiger partial charge in [0.1, 0.15) is 5.60 Å². The fourth-order valence-electron chi connectivity index (χ4n) is 3.75. The van der Waals surface area contributed by atoms with Gasteiger partial charge in [-0.15, -0.1) is 0 Å². The molecule has 6 nitrogen and oxygen atoms in total. The minimum Gasteiger partial charge on any atom is -0.444 e. The third-order valence-corrected chi connectivity index (χ3v) is 6.69. The number of nitrogens with one attached hydrogen (secondary N) is 2. The predicted octanol–water partition coefficient (Wildman–Crippen LogP) is 8.77. The van der Waals surface area contributed by atoms with Crippen LogP contribution in [0, 0.1) is 0 Å². The summed E-state index contributed by atoms with van der Waals surface area (Å²) in [5.41, 5.74) is 1.75. The molecule has 0 unspecified atom stereocenters. The number of hydrogen-bond acceptors (Lipinski definition) is 5. The maximum absolute atomic E-state index is 13.1. The fraction of sp³-hybridized carbons (Fsp3) is 0.194. The normalized spacial score (nSPS) is 12.1. The molecular weight excluding hydrogens is 585 g/mol. The lowest BCUT2D eigenvalue weighted by Gasteiger charge is -2.20. The fourth-order valence-corrected chi connectivity index (χ4v) is 4.50. The molecule has 0 aliphatic carbocycles. The van der Waals surface area contributed by atoms with Gasteiger partial charge in [0.05, 0.1) is 17.8 Å². The van der Waals surface area contributed by atoms with E-state index in [4.69, 9.17) is 16.3 Å². The number of guanidine groups is 1. The number of hydrogen-bond donors (Lipinski definition) is 2. The number of aliphatic imine (C=N–C) groups is 1. The summed E-state index contributed by atoms with van der Waals surface area (Å²) in [5.74, 6) is 0.179. The summed E-state index contributed by atoms with van der Waals surface area (Å²) >= 11 is 7.36. The molecule has 218 valence electrons. The quantitative estimate of drug-likeness (QED) is 0.129. The summed E-state index contributed by atoms with van der Waals surface area (Å²) in [6.07, 6.45) is -3.50. The van der Waals surface area contributed by atoms with Gasteiger partial charge in [-0.25, -0.2) is 9.79 Å². The van der Waals surface area contributed by atoms with Gasteiger partial charge < -0.3 is 4.74 Å². The molecule has 2 N–H and O–H groups in total. The average molecular weight is 613 g/mol. The SMILES string of the molecule is CC(C)(C)OC(=O)NC(=NCc1cnc(-c2ccc(C(F)(F)F)cc2)c(-c2ccc(Cl)cc2)c1)NSc1ccccc1. The van der Waals surface area contributed by atoms with Crippen LogP contribution in [0.15, 0.2) is 101 Å². The Labute approximate surface area is 251 Å². The first-order valence-corrected chi connectivity index (χ1v) is 14.0. The lowest BCUT2D eigenvalue weighted by molar-refractivity contribution is -0.137. The number of carbonyl (C=O) groups is 1. The van der Waals surface area contributed by atoms with Gasteiger partial charge in [0, 0.05) is 27.2 Å². The van der Waals surface area contributed by atoms with Crippen molar-refractivity contribution in [3.05, 3.63) is 107 Å². The van der Waals surface area contributed by atoms with E-state index in [-0.39, 0.29) is 12.5 Å². The molecule has 3 aromatic carbocycles. The van der Waals surface area contributed by atoms with Gasteiger partial charge >= 0.3 is 12.3 Å². The predicted molar refractivity (Wildman–Crippen MR) is 161 cm³/mol. The number of benzene rings is 3. The molecule has 42 heavy (non-hydrogen) atoms. The second-order valence-corrected chi connectivity index (χ2v) is 11.4. The highest BCUT2D eigenvalue weighted by molar-refractivity contribution is 7.98. The zero-order valence-corrected chi connectivity index (χ0v) is 24.6. The van der Waals surface area contributed by atoms with Crippen molar-refractivity contribution in [1.82, 2.24) is 15.0 Å². The first kappa shape index (κ1) is 30.9. The zero-order valence-electron chi connectivity index (χ0n) is 23.0. The van der Waals surface area contributed by atoms with Crippen LogP contribution < -0.4 is 10.0 Å². The Bertz CT molecular complexity index is 1540. The van der Waals surface area contributed by atoms with Gasteiger partial charge in [-0.2, -0.15) is 13.2 Å². The molecule has 11 heteroatoms. The molecule has 0 spiro atoms. The van der Waals surface area contributed by atoms with Crippen molar-refractivity contribution in [1.29, 1.82) is 0 Å². The number of halogens is 4. The van der Waals surface area contributed by atoms with Crippen LogP contribution in [0.25, 0.3) is 22.4 Å². The molecule has 4 rings (SSSR count). The first-order valence-electron chi connectivity index (χ1n) is 12.8. The second-order valence-electron chi connectivity index (χ2n) is 10.1. The molecule has 0 atom stereocenters. The number of ether oxygens (including phenoxy) is 1. The van der Waals surface area contributed by atoms with E-state index in [0.717, 1.165) is 22.6 Å². The Balaban J connectivity index is 1.65. The van der Waals surface area contributed by atoms with Crippen LogP contribution in [0.3, 0.4) is 0 Å². The minimum absolute atomic E-state index is 0.133. The van der Waals surface area contributed by atoms with E-state index >= 15 is 0 Å². The summed E-state index contributed by atoms with van der Waals surface area (Å²) < 4.78 is 47.8. The monoisotopic (exact) mass is 612 g/mol. The zero-order chi connectivity index (χ0) is 30.3. The van der Waals surface area contributed by atoms with E-state index < -0.39 is 23.4 Å². The third-order valence-electron chi connectivity index (χ3n) is 5.63. The van der Waals surface area contributed by atoms with E-state index in [1.54, 1.807) is 39.1 Å². The molecule has 4 aromatic rings. The van der Waals surface area contributed by atoms with E-state index in [0.29, 0.717) is 27.4 Å². The van der Waals surface area contributed by atoms with E-state index in [9.17, 15) is 18.0 Å². The molecule has 1 aromatic heterocycles. The summed E-state index contributed by atoms with van der Waals surface area (Å²) in [6.45, 7) is 5.42. The van der Waals surface area contributed by atoms with E-state index in [1.165, 1.54) is 24.1 Å². The number of carbonyl (C=O) groups excluding carboxylic acids is 1. The van der Waals surface area contributed by atoms with Gasteiger partial charge in [0.2, 0.25) is 5.96 Å². The molecule has 0 fully saturated rings. The second kappa shape index (κ2) is 13.3. The number of nitrogens with zero attached hydrogens (tertiary/aromatic N) is 2. The highest BCUT2D eigenvalue weighted by Crippen LogP contribution is 2.35. The average Bonchev–Trinajstić information content (AvgIpc) is 2.94. The van der Waals surface area contributed by atoms with Gasteiger partial charge in [-0.1, -0.05) is 54.1 Å². The molecule has 1 amide bonds. The van der Waals surface area contributed by atoms with E-state index in [2.05, 4.69) is 20.0 Å². The minimum atomic E-state index is -4.44. The standard InChI is InChI=1S/C31H28ClF3N4O2S/c1-30(2,3)41-29(40)38-28(39-42-25-7-5-4-6-8-25)37-19-20-17-26(21-11-15-24(32)16-12-21)27(36-18-20)22-9-13-23(14-10-22)31(33,34)35/h4-18H,19H2,1-3H3,(H2,37,38,39,40). The molecule has 0 aliphatic rings. The summed E-state index contributed by atoms with van der Waals surface area (Å²) in [4.78, 5) is 22.6. The van der Waals surface area contributed by atoms with Crippen molar-refractivity contribution < 1.29 is 22.7 Å². The first-order chi connectivity index (χ1) is 19.9. The molecule has 0 radical (unpaired) electrons. The van der Waals surface area contributed by atoms with Crippen LogP contribution >= 0.6 is 23.5 Å². The molecule has 1 heterocycles. The number of alkyl carbamates (subject to hydrolysis) is 1. The van der Waals surface area contributed by atoms with Crippen molar-refractivity contribution in [3.8, 4) is 22.4 Å². The Morgan fingerprint density at radius 2 is 1.60 bits per heavy atom. The molecule has 0 aliphatic heterocycles. The largest absolute Gasteiger partial charge is 0.444 e. The van der Waals surface area contributed by atoms with Crippen molar-refractivity contribution in [2.24, 2.45) is 4.99 Å². The third kappa shape index (κ3) is 8.99. The van der Waals surface area contributed by atoms with Crippen LogP contribution in [0.5, 0.6) is 0 Å². The van der Waals surface area contributed by atoms with Gasteiger partial charge in [-0.3, -0.25) is 15.0 Å². The van der Waals surface area contributed by atoms with Crippen LogP contribution in [0.1, 0.15) is 31.9 Å². The van der Waals surface area contributed by atoms with Gasteiger partial charge in [0.15, 0.2) is 0 Å². The highest BCUT2D eigenvalue weighted by atomic mass is 35.5. The summed E-state index contributed by atoms with van der Waals surface area (Å²) in [5, 5.41) is 3.20. The van der Waals surface area contributed by atoms with Crippen LogP contribution in [0.2, 0.25) is 5.02 Å². The van der Waals surface area contributed by atoms with Crippen molar-refractivity contribution in [3.63, 3.8) is 0 Å². The lowest BCUT2D eigenvalue weighted by Crippen LogP contribution is -2.41. The van der Waals surface area contributed by atoms with Gasteiger partial charge in [0.25, 0.3) is 0 Å². The van der Waals surface area contributed by atoms with Crippen molar-refractivity contribution in [2.45, 2.75) is 44.0 Å². The number of alkyl halides is 3. The Hall–Kier alpha value is -4.02. The number of rotatable bonds is 6.